The van der Waals surface area contributed by atoms with Gasteiger partial charge in [-0.1, -0.05) is 43.2 Å². The van der Waals surface area contributed by atoms with Crippen molar-refractivity contribution in [2.45, 2.75) is 26.7 Å². The fourth-order valence-corrected chi connectivity index (χ4v) is 2.66. The van der Waals surface area contributed by atoms with Crippen LogP contribution in [-0.2, 0) is 10.0 Å². The normalized spacial score (nSPS) is 13.8. The lowest BCUT2D eigenvalue weighted by Gasteiger charge is -2.13. The third-order valence-electron chi connectivity index (χ3n) is 3.20. The molecule has 1 unspecified atom stereocenters. The third-order valence-corrected chi connectivity index (χ3v) is 4.27. The molecule has 0 heterocycles. The molecule has 0 aliphatic rings. The van der Waals surface area contributed by atoms with Crippen molar-refractivity contribution in [1.29, 1.82) is 0 Å². The molecule has 0 amide bonds. The van der Waals surface area contributed by atoms with Gasteiger partial charge in [-0.2, -0.15) is 0 Å². The molecule has 4 nitrogen and oxygen atoms in total. The smallest absolute Gasteiger partial charge is 0.233 e. The fraction of sp³-hybridized carbons (Fsp3) is 0.467. The van der Waals surface area contributed by atoms with Gasteiger partial charge in [-0.15, -0.1) is 0 Å². The molecule has 1 rings (SSSR count). The molecule has 20 heavy (non-hydrogen) atoms. The van der Waals surface area contributed by atoms with Gasteiger partial charge in [0.05, 0.1) is 0 Å². The Labute approximate surface area is 121 Å². The maximum Gasteiger partial charge on any atom is 0.233 e. The van der Waals surface area contributed by atoms with Crippen LogP contribution in [0.25, 0.3) is 6.08 Å². The fourth-order valence-electron chi connectivity index (χ4n) is 1.76. The van der Waals surface area contributed by atoms with E-state index in [1.165, 1.54) is 5.41 Å². The number of aliphatic hydroxyl groups excluding tert-OH is 1. The van der Waals surface area contributed by atoms with Crippen LogP contribution >= 0.6 is 0 Å². The number of aryl methyl sites for hydroxylation is 1. The van der Waals surface area contributed by atoms with Gasteiger partial charge in [0, 0.05) is 18.6 Å². The Bertz CT molecular complexity index is 521. The standard InChI is InChI=1S/C15H23NO3S/c1-3-14(8-10-17)12-16-20(18,19)11-9-15-6-4-13(2)5-7-15/h4-7,9,11,14,16-17H,3,8,10,12H2,1-2H3. The summed E-state index contributed by atoms with van der Waals surface area (Å²) in [5.74, 6) is 0.169. The van der Waals surface area contributed by atoms with E-state index in [9.17, 15) is 8.42 Å². The predicted molar refractivity (Wildman–Crippen MR) is 82.6 cm³/mol. The van der Waals surface area contributed by atoms with Crippen LogP contribution < -0.4 is 4.72 Å². The van der Waals surface area contributed by atoms with Crippen molar-refractivity contribution in [2.75, 3.05) is 13.2 Å². The summed E-state index contributed by atoms with van der Waals surface area (Å²) in [5.41, 5.74) is 1.99. The first kappa shape index (κ1) is 16.9. The van der Waals surface area contributed by atoms with Gasteiger partial charge < -0.3 is 5.11 Å². The maximum absolute atomic E-state index is 11.8. The van der Waals surface area contributed by atoms with Gasteiger partial charge >= 0.3 is 0 Å². The molecular weight excluding hydrogens is 274 g/mol. The van der Waals surface area contributed by atoms with Crippen LogP contribution in [0.1, 0.15) is 30.9 Å². The molecule has 0 saturated heterocycles. The van der Waals surface area contributed by atoms with Crippen LogP contribution in [-0.4, -0.2) is 26.7 Å². The van der Waals surface area contributed by atoms with Crippen molar-refractivity contribution in [2.24, 2.45) is 5.92 Å². The van der Waals surface area contributed by atoms with E-state index in [2.05, 4.69) is 4.72 Å². The molecule has 0 radical (unpaired) electrons. The van der Waals surface area contributed by atoms with E-state index in [0.29, 0.717) is 13.0 Å². The third kappa shape index (κ3) is 6.32. The Morgan fingerprint density at radius 1 is 1.30 bits per heavy atom. The molecule has 0 aliphatic carbocycles. The van der Waals surface area contributed by atoms with Gasteiger partial charge in [-0.25, -0.2) is 13.1 Å². The monoisotopic (exact) mass is 297 g/mol. The van der Waals surface area contributed by atoms with E-state index in [4.69, 9.17) is 5.11 Å². The molecular formula is C15H23NO3S. The zero-order valence-corrected chi connectivity index (χ0v) is 12.9. The summed E-state index contributed by atoms with van der Waals surface area (Å²) >= 11 is 0. The lowest BCUT2D eigenvalue weighted by molar-refractivity contribution is 0.254. The van der Waals surface area contributed by atoms with Crippen molar-refractivity contribution in [3.05, 3.63) is 40.8 Å². The highest BCUT2D eigenvalue weighted by Crippen LogP contribution is 2.08. The van der Waals surface area contributed by atoms with Crippen LogP contribution in [0.2, 0.25) is 0 Å². The summed E-state index contributed by atoms with van der Waals surface area (Å²) in [6.07, 6.45) is 3.03. The number of nitrogens with one attached hydrogen (secondary N) is 1. The average Bonchev–Trinajstić information content (AvgIpc) is 2.43. The van der Waals surface area contributed by atoms with Gasteiger partial charge in [0.25, 0.3) is 0 Å². The summed E-state index contributed by atoms with van der Waals surface area (Å²) in [6.45, 7) is 4.41. The second kappa shape index (κ2) is 8.19. The van der Waals surface area contributed by atoms with E-state index in [1.807, 2.05) is 38.1 Å². The lowest BCUT2D eigenvalue weighted by atomic mass is 10.0. The average molecular weight is 297 g/mol. The van der Waals surface area contributed by atoms with E-state index in [0.717, 1.165) is 17.5 Å². The minimum Gasteiger partial charge on any atom is -0.396 e. The molecule has 0 aromatic heterocycles. The first-order chi connectivity index (χ1) is 9.46. The Morgan fingerprint density at radius 3 is 2.50 bits per heavy atom. The zero-order chi connectivity index (χ0) is 15.0. The number of benzene rings is 1. The topological polar surface area (TPSA) is 66.4 Å². The highest BCUT2D eigenvalue weighted by atomic mass is 32.2. The molecule has 112 valence electrons. The van der Waals surface area contributed by atoms with Crippen molar-refractivity contribution in [3.63, 3.8) is 0 Å². The van der Waals surface area contributed by atoms with Crippen LogP contribution in [0.4, 0.5) is 0 Å². The van der Waals surface area contributed by atoms with Gasteiger partial charge in [-0.3, -0.25) is 0 Å². The lowest BCUT2D eigenvalue weighted by Crippen LogP contribution is -2.28. The van der Waals surface area contributed by atoms with Crippen LogP contribution in [0, 0.1) is 12.8 Å². The second-order valence-electron chi connectivity index (χ2n) is 4.89. The highest BCUT2D eigenvalue weighted by Gasteiger charge is 2.10. The molecule has 0 spiro atoms. The van der Waals surface area contributed by atoms with E-state index >= 15 is 0 Å². The molecule has 1 aromatic rings. The molecule has 1 atom stereocenters. The van der Waals surface area contributed by atoms with E-state index < -0.39 is 10.0 Å². The predicted octanol–water partition coefficient (Wildman–Crippen LogP) is 2.29. The van der Waals surface area contributed by atoms with Crippen LogP contribution in [0.5, 0.6) is 0 Å². The molecule has 5 heteroatoms. The summed E-state index contributed by atoms with van der Waals surface area (Å²) in [4.78, 5) is 0. The summed E-state index contributed by atoms with van der Waals surface area (Å²) in [6, 6.07) is 7.63. The van der Waals surface area contributed by atoms with Crippen LogP contribution in [0.3, 0.4) is 0 Å². The quantitative estimate of drug-likeness (QED) is 0.773. The molecule has 0 aliphatic heterocycles. The first-order valence-electron chi connectivity index (χ1n) is 6.82. The second-order valence-corrected chi connectivity index (χ2v) is 6.54. The Balaban J connectivity index is 2.58. The molecule has 2 N–H and O–H groups in total. The largest absolute Gasteiger partial charge is 0.396 e. The van der Waals surface area contributed by atoms with Crippen molar-refractivity contribution < 1.29 is 13.5 Å². The minimum absolute atomic E-state index is 0.0828. The van der Waals surface area contributed by atoms with Gasteiger partial charge in [-0.05, 0) is 30.9 Å². The van der Waals surface area contributed by atoms with Gasteiger partial charge in [0.2, 0.25) is 10.0 Å². The highest BCUT2D eigenvalue weighted by molar-refractivity contribution is 7.92. The van der Waals surface area contributed by atoms with Crippen molar-refractivity contribution >= 4 is 16.1 Å². The van der Waals surface area contributed by atoms with Crippen LogP contribution in [0.15, 0.2) is 29.7 Å². The van der Waals surface area contributed by atoms with Crippen molar-refractivity contribution in [3.8, 4) is 0 Å². The number of hydrogen-bond donors (Lipinski definition) is 2. The Kier molecular flexibility index (Phi) is 6.91. The van der Waals surface area contributed by atoms with Gasteiger partial charge in [0.1, 0.15) is 0 Å². The number of aliphatic hydroxyl groups is 1. The molecule has 0 bridgehead atoms. The molecule has 1 aromatic carbocycles. The summed E-state index contributed by atoms with van der Waals surface area (Å²) in [7, 11) is -3.43. The summed E-state index contributed by atoms with van der Waals surface area (Å²) < 4.78 is 26.2. The number of sulfonamides is 1. The Morgan fingerprint density at radius 2 is 1.95 bits per heavy atom. The first-order valence-corrected chi connectivity index (χ1v) is 8.36. The Hall–Kier alpha value is -1.17. The van der Waals surface area contributed by atoms with Crippen molar-refractivity contribution in [1.82, 2.24) is 4.72 Å². The molecule has 0 fully saturated rings. The zero-order valence-electron chi connectivity index (χ0n) is 12.0. The summed E-state index contributed by atoms with van der Waals surface area (Å²) in [5, 5.41) is 10.1. The SMILES string of the molecule is CCC(CCO)CNS(=O)(=O)C=Cc1ccc(C)cc1. The van der Waals surface area contributed by atoms with Gasteiger partial charge in [0.15, 0.2) is 0 Å². The van der Waals surface area contributed by atoms with E-state index in [1.54, 1.807) is 6.08 Å². The van der Waals surface area contributed by atoms with E-state index in [-0.39, 0.29) is 12.5 Å². The number of rotatable bonds is 8. The maximum atomic E-state index is 11.8. The minimum atomic E-state index is -3.43. The molecule has 0 saturated carbocycles. The number of hydrogen-bond acceptors (Lipinski definition) is 3.